The Bertz CT molecular complexity index is 1340. The summed E-state index contributed by atoms with van der Waals surface area (Å²) in [4.78, 5) is 28.7. The molecule has 3 aromatic rings. The molecule has 0 radical (unpaired) electrons. The van der Waals surface area contributed by atoms with E-state index in [4.69, 9.17) is 13.8 Å². The summed E-state index contributed by atoms with van der Waals surface area (Å²) in [6.45, 7) is -0.0824. The van der Waals surface area contributed by atoms with Crippen molar-refractivity contribution >= 4 is 24.6 Å². The first-order chi connectivity index (χ1) is 18.0. The quantitative estimate of drug-likeness (QED) is 0.395. The molecule has 0 unspecified atom stereocenters. The van der Waals surface area contributed by atoms with Crippen LogP contribution in [-0.4, -0.2) is 35.7 Å². The molecule has 9 heteroatoms. The summed E-state index contributed by atoms with van der Waals surface area (Å²) in [6, 6.07) is 21.6. The molecule has 37 heavy (non-hydrogen) atoms. The summed E-state index contributed by atoms with van der Waals surface area (Å²) in [6.07, 6.45) is 0.0212. The lowest BCUT2D eigenvalue weighted by Gasteiger charge is -2.41. The number of rotatable bonds is 6. The van der Waals surface area contributed by atoms with Crippen LogP contribution >= 0.6 is 0 Å². The third-order valence-electron chi connectivity index (χ3n) is 7.54. The molecule has 1 aromatic heterocycles. The number of carbonyl (C=O) groups is 2. The van der Waals surface area contributed by atoms with Crippen LogP contribution in [0.5, 0.6) is 5.75 Å². The third-order valence-corrected chi connectivity index (χ3v) is 7.54. The Hall–Kier alpha value is -3.66. The first kappa shape index (κ1) is 23.7. The number of para-hydroxylation sites is 2. The number of imide groups is 1. The standard InChI is InChI=1S/C28H26BNO7/c31-15-20-11-12-23(36-20)24-14-21-25-22(27(32)30(28(25)33)18-7-3-1-4-8-18)13-17(26(21)29(34)37-24)16-35-19-9-5-2-6-10-19/h1-12,21-22,24-25,31,34H,13-16H2/t21-,22-,24-,25+/m0/s1. The van der Waals surface area contributed by atoms with Crippen LogP contribution in [-0.2, 0) is 20.9 Å². The van der Waals surface area contributed by atoms with Crippen LogP contribution in [0.4, 0.5) is 5.69 Å². The minimum Gasteiger partial charge on any atom is -0.489 e. The normalized spacial score (nSPS) is 25.4. The molecule has 3 aliphatic rings. The Morgan fingerprint density at radius 1 is 0.946 bits per heavy atom. The Kier molecular flexibility index (Phi) is 6.20. The van der Waals surface area contributed by atoms with Gasteiger partial charge < -0.3 is 23.9 Å². The maximum absolute atomic E-state index is 13.8. The van der Waals surface area contributed by atoms with Gasteiger partial charge in [0, 0.05) is 0 Å². The van der Waals surface area contributed by atoms with Crippen LogP contribution in [0, 0.1) is 17.8 Å². The number of hydrogen-bond donors (Lipinski definition) is 2. The smallest absolute Gasteiger partial charge is 0.487 e. The second-order valence-electron chi connectivity index (χ2n) is 9.63. The van der Waals surface area contributed by atoms with Crippen molar-refractivity contribution in [1.29, 1.82) is 0 Å². The number of nitrogens with zero attached hydrogens (tertiary/aromatic N) is 1. The van der Waals surface area contributed by atoms with Gasteiger partial charge in [-0.05, 0) is 66.2 Å². The minimum absolute atomic E-state index is 0.173. The van der Waals surface area contributed by atoms with Gasteiger partial charge in [0.25, 0.3) is 0 Å². The zero-order valence-corrected chi connectivity index (χ0v) is 20.0. The lowest BCUT2D eigenvalue weighted by atomic mass is 9.55. The van der Waals surface area contributed by atoms with Gasteiger partial charge >= 0.3 is 7.12 Å². The SMILES string of the molecule is O=C1[C@H]2[C@H](CC(COc3ccccc3)=C3B(O)O[C@H](c4ccc(CO)o4)C[C@H]32)C(=O)N1c1ccccc1. The van der Waals surface area contributed by atoms with Crippen LogP contribution in [0.15, 0.2) is 88.3 Å². The van der Waals surface area contributed by atoms with E-state index in [1.165, 1.54) is 4.90 Å². The number of fused-ring (bicyclic) bond motifs is 3. The van der Waals surface area contributed by atoms with Crippen molar-refractivity contribution in [2.75, 3.05) is 11.5 Å². The van der Waals surface area contributed by atoms with Crippen LogP contribution in [0.25, 0.3) is 0 Å². The maximum atomic E-state index is 13.8. The zero-order valence-electron chi connectivity index (χ0n) is 20.0. The molecule has 0 saturated carbocycles. The largest absolute Gasteiger partial charge is 0.489 e. The summed E-state index contributed by atoms with van der Waals surface area (Å²) in [5.74, 6) is -0.619. The highest BCUT2D eigenvalue weighted by Crippen LogP contribution is 2.52. The summed E-state index contributed by atoms with van der Waals surface area (Å²) in [5.41, 5.74) is 1.92. The fraction of sp³-hybridized carbons (Fsp3) is 0.286. The molecule has 1 aliphatic carbocycles. The molecule has 2 fully saturated rings. The number of benzene rings is 2. The second-order valence-corrected chi connectivity index (χ2v) is 9.63. The van der Waals surface area contributed by atoms with Crippen molar-refractivity contribution in [2.45, 2.75) is 25.6 Å². The van der Waals surface area contributed by atoms with E-state index in [9.17, 15) is 19.7 Å². The summed E-state index contributed by atoms with van der Waals surface area (Å²) in [7, 11) is -1.28. The van der Waals surface area contributed by atoms with E-state index in [1.807, 2.05) is 36.4 Å². The number of aliphatic hydroxyl groups is 1. The van der Waals surface area contributed by atoms with Crippen molar-refractivity contribution in [3.8, 4) is 5.75 Å². The molecule has 8 nitrogen and oxygen atoms in total. The number of ether oxygens (including phenoxy) is 1. The van der Waals surface area contributed by atoms with Crippen molar-refractivity contribution in [2.24, 2.45) is 17.8 Å². The van der Waals surface area contributed by atoms with E-state index in [2.05, 4.69) is 0 Å². The Morgan fingerprint density at radius 2 is 1.68 bits per heavy atom. The van der Waals surface area contributed by atoms with Gasteiger partial charge in [-0.15, -0.1) is 0 Å². The fourth-order valence-electron chi connectivity index (χ4n) is 5.90. The van der Waals surface area contributed by atoms with Crippen LogP contribution in [0.2, 0.25) is 0 Å². The third kappa shape index (κ3) is 4.19. The highest BCUT2D eigenvalue weighted by Gasteiger charge is 2.58. The van der Waals surface area contributed by atoms with E-state index in [0.29, 0.717) is 41.3 Å². The number of allylic oxidation sites excluding steroid dienone is 1. The van der Waals surface area contributed by atoms with E-state index in [-0.39, 0.29) is 25.0 Å². The van der Waals surface area contributed by atoms with Gasteiger partial charge in [0.2, 0.25) is 11.8 Å². The topological polar surface area (TPSA) is 109 Å². The molecule has 2 saturated heterocycles. The number of aliphatic hydroxyl groups excluding tert-OH is 1. The van der Waals surface area contributed by atoms with Crippen molar-refractivity contribution in [1.82, 2.24) is 0 Å². The lowest BCUT2D eigenvalue weighted by molar-refractivity contribution is -0.123. The summed E-state index contributed by atoms with van der Waals surface area (Å²) >= 11 is 0. The van der Waals surface area contributed by atoms with Crippen LogP contribution in [0.3, 0.4) is 0 Å². The number of anilines is 1. The first-order valence-electron chi connectivity index (χ1n) is 12.4. The molecular weight excluding hydrogens is 473 g/mol. The fourth-order valence-corrected chi connectivity index (χ4v) is 5.90. The average molecular weight is 499 g/mol. The first-order valence-corrected chi connectivity index (χ1v) is 12.4. The van der Waals surface area contributed by atoms with Gasteiger partial charge in [0.15, 0.2) is 0 Å². The zero-order chi connectivity index (χ0) is 25.5. The van der Waals surface area contributed by atoms with E-state index < -0.39 is 31.0 Å². The number of hydrogen-bond acceptors (Lipinski definition) is 7. The van der Waals surface area contributed by atoms with E-state index in [1.54, 1.807) is 36.4 Å². The van der Waals surface area contributed by atoms with Crippen LogP contribution in [0.1, 0.15) is 30.5 Å². The molecule has 3 heterocycles. The monoisotopic (exact) mass is 499 g/mol. The van der Waals surface area contributed by atoms with Crippen LogP contribution < -0.4 is 9.64 Å². The highest BCUT2D eigenvalue weighted by atomic mass is 16.5. The molecule has 4 atom stereocenters. The Balaban J connectivity index is 1.37. The second kappa shape index (κ2) is 9.66. The molecule has 0 spiro atoms. The number of carbonyl (C=O) groups excluding carboxylic acids is 2. The van der Waals surface area contributed by atoms with Gasteiger partial charge in [-0.25, -0.2) is 0 Å². The van der Waals surface area contributed by atoms with Crippen molar-refractivity contribution < 1.29 is 33.5 Å². The van der Waals surface area contributed by atoms with Crippen molar-refractivity contribution in [3.63, 3.8) is 0 Å². The predicted molar refractivity (Wildman–Crippen MR) is 134 cm³/mol. The molecule has 6 rings (SSSR count). The summed E-state index contributed by atoms with van der Waals surface area (Å²) in [5, 5.41) is 20.6. The summed E-state index contributed by atoms with van der Waals surface area (Å²) < 4.78 is 17.7. The number of amides is 2. The molecule has 0 bridgehead atoms. The van der Waals surface area contributed by atoms with E-state index >= 15 is 0 Å². The van der Waals surface area contributed by atoms with Gasteiger partial charge in [0.05, 0.1) is 17.5 Å². The molecule has 188 valence electrons. The molecule has 2 aromatic carbocycles. The lowest BCUT2D eigenvalue weighted by Crippen LogP contribution is -2.45. The van der Waals surface area contributed by atoms with Gasteiger partial charge in [-0.1, -0.05) is 36.4 Å². The average Bonchev–Trinajstić information content (AvgIpc) is 3.51. The Morgan fingerprint density at radius 3 is 2.38 bits per heavy atom. The molecule has 2 N–H and O–H groups in total. The molecule has 2 aliphatic heterocycles. The van der Waals surface area contributed by atoms with Gasteiger partial charge in [-0.2, -0.15) is 0 Å². The molecule has 2 amide bonds. The highest BCUT2D eigenvalue weighted by molar-refractivity contribution is 6.53. The number of furan rings is 1. The van der Waals surface area contributed by atoms with Crippen molar-refractivity contribution in [3.05, 3.63) is 95.4 Å². The Labute approximate surface area is 214 Å². The molecular formula is C28H26BNO7. The van der Waals surface area contributed by atoms with E-state index in [0.717, 1.165) is 5.57 Å². The maximum Gasteiger partial charge on any atom is 0.487 e. The van der Waals surface area contributed by atoms with Gasteiger partial charge in [-0.3, -0.25) is 14.5 Å². The predicted octanol–water partition coefficient (Wildman–Crippen LogP) is 3.45. The van der Waals surface area contributed by atoms with Gasteiger partial charge in [0.1, 0.15) is 36.6 Å². The minimum atomic E-state index is -1.28.